The summed E-state index contributed by atoms with van der Waals surface area (Å²) in [5, 5.41) is 3.89. The molecule has 2 N–H and O–H groups in total. The quantitative estimate of drug-likeness (QED) is 0.780. The number of ether oxygens (including phenoxy) is 1. The van der Waals surface area contributed by atoms with Crippen molar-refractivity contribution in [2.45, 2.75) is 26.8 Å². The second kappa shape index (κ2) is 5.47. The Morgan fingerprint density at radius 1 is 1.38 bits per heavy atom. The Bertz CT molecular complexity index is 760. The second-order valence-corrected chi connectivity index (χ2v) is 4.96. The zero-order valence-electron chi connectivity index (χ0n) is 12.2. The third-order valence-corrected chi connectivity index (χ3v) is 3.22. The van der Waals surface area contributed by atoms with Gasteiger partial charge >= 0.3 is 0 Å². The number of hydrogen-bond donors (Lipinski definition) is 1. The molecular weight excluding hydrogens is 268 g/mol. The van der Waals surface area contributed by atoms with Crippen molar-refractivity contribution in [1.82, 2.24) is 14.7 Å². The summed E-state index contributed by atoms with van der Waals surface area (Å²) < 4.78 is 12.9. The van der Waals surface area contributed by atoms with Crippen molar-refractivity contribution in [2.24, 2.45) is 0 Å². The van der Waals surface area contributed by atoms with E-state index in [1.54, 1.807) is 0 Å². The standard InChI is InChI=1S/C15H18N4O2/c1-3-7-20-13-6-4-5-12-14(13)17-15(16)19(12)9-11-8-10(2)18-21-11/h4-6,8H,3,7,9H2,1-2H3,(H2,16,17). The number of fused-ring (bicyclic) bond motifs is 1. The molecular formula is C15H18N4O2. The fraction of sp³-hybridized carbons (Fsp3) is 0.333. The lowest BCUT2D eigenvalue weighted by molar-refractivity contribution is 0.320. The molecule has 2 aromatic heterocycles. The van der Waals surface area contributed by atoms with E-state index >= 15 is 0 Å². The van der Waals surface area contributed by atoms with E-state index in [1.807, 2.05) is 35.8 Å². The highest BCUT2D eigenvalue weighted by Gasteiger charge is 2.14. The molecule has 3 rings (SSSR count). The van der Waals surface area contributed by atoms with Crippen molar-refractivity contribution < 1.29 is 9.26 Å². The molecule has 0 unspecified atom stereocenters. The molecule has 0 fully saturated rings. The van der Waals surface area contributed by atoms with Crippen LogP contribution in [0.5, 0.6) is 5.75 Å². The van der Waals surface area contributed by atoms with Gasteiger partial charge in [-0.05, 0) is 25.5 Å². The number of anilines is 1. The van der Waals surface area contributed by atoms with Gasteiger partial charge in [-0.3, -0.25) is 0 Å². The highest BCUT2D eigenvalue weighted by Crippen LogP contribution is 2.27. The van der Waals surface area contributed by atoms with E-state index in [9.17, 15) is 0 Å². The number of imidazole rings is 1. The molecule has 0 saturated carbocycles. The van der Waals surface area contributed by atoms with E-state index in [2.05, 4.69) is 17.1 Å². The summed E-state index contributed by atoms with van der Waals surface area (Å²) in [6, 6.07) is 7.72. The number of rotatable bonds is 5. The van der Waals surface area contributed by atoms with Gasteiger partial charge < -0.3 is 19.6 Å². The third kappa shape index (κ3) is 2.56. The molecule has 0 atom stereocenters. The van der Waals surface area contributed by atoms with Crippen LogP contribution in [0, 0.1) is 6.92 Å². The molecule has 0 saturated heterocycles. The fourth-order valence-electron chi connectivity index (χ4n) is 2.28. The van der Waals surface area contributed by atoms with Crippen molar-refractivity contribution >= 4 is 17.0 Å². The fourth-order valence-corrected chi connectivity index (χ4v) is 2.28. The van der Waals surface area contributed by atoms with Crippen LogP contribution in [0.2, 0.25) is 0 Å². The Balaban J connectivity index is 2.00. The minimum Gasteiger partial charge on any atom is -0.491 e. The molecule has 0 aliphatic heterocycles. The minimum absolute atomic E-state index is 0.437. The maximum atomic E-state index is 6.04. The van der Waals surface area contributed by atoms with Gasteiger partial charge in [-0.25, -0.2) is 4.98 Å². The maximum absolute atomic E-state index is 6.04. The van der Waals surface area contributed by atoms with Crippen molar-refractivity contribution in [3.8, 4) is 5.75 Å². The van der Waals surface area contributed by atoms with Crippen LogP contribution in [-0.2, 0) is 6.54 Å². The maximum Gasteiger partial charge on any atom is 0.201 e. The van der Waals surface area contributed by atoms with Crippen LogP contribution in [0.25, 0.3) is 11.0 Å². The topological polar surface area (TPSA) is 79.1 Å². The third-order valence-electron chi connectivity index (χ3n) is 3.22. The van der Waals surface area contributed by atoms with Gasteiger partial charge in [-0.1, -0.05) is 18.1 Å². The Morgan fingerprint density at radius 3 is 2.95 bits per heavy atom. The molecule has 0 aliphatic rings. The molecule has 1 aromatic carbocycles. The lowest BCUT2D eigenvalue weighted by atomic mass is 10.3. The van der Waals surface area contributed by atoms with Gasteiger partial charge in [0, 0.05) is 6.07 Å². The molecule has 6 heteroatoms. The number of aromatic nitrogens is 3. The first kappa shape index (κ1) is 13.5. The van der Waals surface area contributed by atoms with Gasteiger partial charge in [0.15, 0.2) is 5.76 Å². The van der Waals surface area contributed by atoms with E-state index in [-0.39, 0.29) is 0 Å². The highest BCUT2D eigenvalue weighted by atomic mass is 16.5. The van der Waals surface area contributed by atoms with E-state index in [0.717, 1.165) is 34.7 Å². The molecule has 0 bridgehead atoms. The summed E-state index contributed by atoms with van der Waals surface area (Å²) in [5.74, 6) is 1.94. The van der Waals surface area contributed by atoms with Gasteiger partial charge in [-0.2, -0.15) is 0 Å². The molecule has 0 radical (unpaired) electrons. The number of nitrogens with zero attached hydrogens (tertiary/aromatic N) is 3. The summed E-state index contributed by atoms with van der Waals surface area (Å²) in [4.78, 5) is 4.42. The summed E-state index contributed by atoms with van der Waals surface area (Å²) in [6.45, 7) is 5.12. The monoisotopic (exact) mass is 286 g/mol. The van der Waals surface area contributed by atoms with Crippen LogP contribution in [-0.4, -0.2) is 21.3 Å². The largest absolute Gasteiger partial charge is 0.491 e. The molecule has 0 spiro atoms. The molecule has 110 valence electrons. The van der Waals surface area contributed by atoms with Crippen molar-refractivity contribution in [1.29, 1.82) is 0 Å². The van der Waals surface area contributed by atoms with Crippen LogP contribution >= 0.6 is 0 Å². The van der Waals surface area contributed by atoms with Crippen LogP contribution in [0.4, 0.5) is 5.95 Å². The second-order valence-electron chi connectivity index (χ2n) is 4.96. The predicted molar refractivity (Wildman–Crippen MR) is 80.3 cm³/mol. The van der Waals surface area contributed by atoms with Crippen LogP contribution < -0.4 is 10.5 Å². The van der Waals surface area contributed by atoms with Gasteiger partial charge in [0.25, 0.3) is 0 Å². The highest BCUT2D eigenvalue weighted by molar-refractivity contribution is 5.84. The smallest absolute Gasteiger partial charge is 0.201 e. The van der Waals surface area contributed by atoms with E-state index in [4.69, 9.17) is 15.0 Å². The number of hydrogen-bond acceptors (Lipinski definition) is 5. The predicted octanol–water partition coefficient (Wildman–Crippen LogP) is 2.75. The Morgan fingerprint density at radius 2 is 2.24 bits per heavy atom. The zero-order valence-corrected chi connectivity index (χ0v) is 12.2. The summed E-state index contributed by atoms with van der Waals surface area (Å²) >= 11 is 0. The molecule has 0 amide bonds. The minimum atomic E-state index is 0.437. The Hall–Kier alpha value is -2.50. The number of para-hydroxylation sites is 1. The lowest BCUT2D eigenvalue weighted by Gasteiger charge is -2.06. The number of aryl methyl sites for hydroxylation is 1. The van der Waals surface area contributed by atoms with E-state index < -0.39 is 0 Å². The van der Waals surface area contributed by atoms with Crippen LogP contribution in [0.3, 0.4) is 0 Å². The van der Waals surface area contributed by atoms with Crippen LogP contribution in [0.1, 0.15) is 24.8 Å². The first-order valence-corrected chi connectivity index (χ1v) is 6.98. The molecule has 21 heavy (non-hydrogen) atoms. The lowest BCUT2D eigenvalue weighted by Crippen LogP contribution is -2.03. The van der Waals surface area contributed by atoms with Crippen LogP contribution in [0.15, 0.2) is 28.8 Å². The number of benzene rings is 1. The number of nitrogens with two attached hydrogens (primary N) is 1. The van der Waals surface area contributed by atoms with E-state index in [0.29, 0.717) is 19.1 Å². The molecule has 3 aromatic rings. The average molecular weight is 286 g/mol. The molecule has 6 nitrogen and oxygen atoms in total. The average Bonchev–Trinajstić information content (AvgIpc) is 3.02. The first-order valence-electron chi connectivity index (χ1n) is 6.98. The Kier molecular flexibility index (Phi) is 3.51. The van der Waals surface area contributed by atoms with Crippen molar-refractivity contribution in [3.05, 3.63) is 35.7 Å². The van der Waals surface area contributed by atoms with Crippen molar-refractivity contribution in [2.75, 3.05) is 12.3 Å². The molecule has 0 aliphatic carbocycles. The number of nitrogen functional groups attached to an aromatic ring is 1. The SMILES string of the molecule is CCCOc1cccc2c1nc(N)n2Cc1cc(C)no1. The Labute approximate surface area is 122 Å². The van der Waals surface area contributed by atoms with Crippen molar-refractivity contribution in [3.63, 3.8) is 0 Å². The first-order chi connectivity index (χ1) is 10.2. The van der Waals surface area contributed by atoms with Gasteiger partial charge in [0.2, 0.25) is 5.95 Å². The summed E-state index contributed by atoms with van der Waals surface area (Å²) in [7, 11) is 0. The molecule has 2 heterocycles. The normalized spacial score (nSPS) is 11.1. The van der Waals surface area contributed by atoms with Gasteiger partial charge in [0.1, 0.15) is 11.3 Å². The summed E-state index contributed by atoms with van der Waals surface area (Å²) in [6.07, 6.45) is 0.948. The van der Waals surface area contributed by atoms with E-state index in [1.165, 1.54) is 0 Å². The van der Waals surface area contributed by atoms with Gasteiger partial charge in [-0.15, -0.1) is 0 Å². The van der Waals surface area contributed by atoms with Gasteiger partial charge in [0.05, 0.1) is 24.4 Å². The summed E-state index contributed by atoms with van der Waals surface area (Å²) in [5.41, 5.74) is 8.59. The zero-order chi connectivity index (χ0) is 14.8.